The molecule has 0 bridgehead atoms. The monoisotopic (exact) mass is 268 g/mol. The van der Waals surface area contributed by atoms with E-state index in [0.717, 1.165) is 22.4 Å². The summed E-state index contributed by atoms with van der Waals surface area (Å²) in [6.45, 7) is 1.54. The number of ketones is 1. The minimum absolute atomic E-state index is 0.0292. The Morgan fingerprint density at radius 3 is 2.65 bits per heavy atom. The van der Waals surface area contributed by atoms with Crippen molar-refractivity contribution in [2.75, 3.05) is 0 Å². The van der Waals surface area contributed by atoms with Gasteiger partial charge in [0.2, 0.25) is 0 Å². The fourth-order valence-corrected chi connectivity index (χ4v) is 2.16. The summed E-state index contributed by atoms with van der Waals surface area (Å²) in [5.41, 5.74) is 3.31. The number of benzene rings is 2. The third-order valence-corrected chi connectivity index (χ3v) is 3.22. The molecule has 2 aromatic carbocycles. The maximum Gasteiger partial charge on any atom is 0.159 e. The van der Waals surface area contributed by atoms with Gasteiger partial charge in [-0.1, -0.05) is 12.1 Å². The topological polar surface area (TPSA) is 45.8 Å². The lowest BCUT2D eigenvalue weighted by atomic mass is 10.1. The summed E-state index contributed by atoms with van der Waals surface area (Å²) in [4.78, 5) is 19.0. The molecule has 0 radical (unpaired) electrons. The summed E-state index contributed by atoms with van der Waals surface area (Å²) >= 11 is 0. The third kappa shape index (κ3) is 2.45. The van der Waals surface area contributed by atoms with Crippen LogP contribution in [0.3, 0.4) is 0 Å². The van der Waals surface area contributed by atoms with Gasteiger partial charge in [0.25, 0.3) is 0 Å². The quantitative estimate of drug-likeness (QED) is 0.739. The van der Waals surface area contributed by atoms with Crippen LogP contribution >= 0.6 is 0 Å². The molecular weight excluding hydrogens is 255 g/mol. The van der Waals surface area contributed by atoms with E-state index in [1.54, 1.807) is 24.3 Å². The summed E-state index contributed by atoms with van der Waals surface area (Å²) in [6.07, 6.45) is 0.602. The van der Waals surface area contributed by atoms with Gasteiger partial charge in [-0.3, -0.25) is 4.79 Å². The molecule has 4 heteroatoms. The number of carbonyl (C=O) groups is 1. The first-order chi connectivity index (χ1) is 9.61. The Bertz CT molecular complexity index is 775. The molecule has 20 heavy (non-hydrogen) atoms. The normalized spacial score (nSPS) is 10.9. The lowest BCUT2D eigenvalue weighted by molar-refractivity contribution is 0.101. The van der Waals surface area contributed by atoms with Gasteiger partial charge in [0.05, 0.1) is 11.0 Å². The van der Waals surface area contributed by atoms with Crippen LogP contribution < -0.4 is 0 Å². The van der Waals surface area contributed by atoms with Crippen LogP contribution in [0.15, 0.2) is 42.5 Å². The van der Waals surface area contributed by atoms with Crippen LogP contribution in [-0.4, -0.2) is 15.8 Å². The van der Waals surface area contributed by atoms with E-state index in [1.807, 2.05) is 6.07 Å². The molecule has 1 heterocycles. The highest BCUT2D eigenvalue weighted by Crippen LogP contribution is 2.16. The maximum atomic E-state index is 12.9. The number of hydrogen-bond acceptors (Lipinski definition) is 2. The van der Waals surface area contributed by atoms with Crippen LogP contribution in [0.25, 0.3) is 11.0 Å². The van der Waals surface area contributed by atoms with Crippen molar-refractivity contribution >= 4 is 16.8 Å². The molecule has 0 aliphatic rings. The molecule has 0 fully saturated rings. The van der Waals surface area contributed by atoms with E-state index in [4.69, 9.17) is 0 Å². The van der Waals surface area contributed by atoms with E-state index in [1.165, 1.54) is 19.1 Å². The van der Waals surface area contributed by atoms with Crippen molar-refractivity contribution in [3.05, 3.63) is 65.2 Å². The van der Waals surface area contributed by atoms with Gasteiger partial charge in [0, 0.05) is 12.0 Å². The van der Waals surface area contributed by atoms with E-state index in [9.17, 15) is 9.18 Å². The van der Waals surface area contributed by atoms with Crippen molar-refractivity contribution in [3.63, 3.8) is 0 Å². The summed E-state index contributed by atoms with van der Waals surface area (Å²) < 4.78 is 12.9. The average molecular weight is 268 g/mol. The number of nitrogens with one attached hydrogen (secondary N) is 1. The zero-order chi connectivity index (χ0) is 14.1. The molecule has 0 saturated heterocycles. The zero-order valence-corrected chi connectivity index (χ0v) is 11.0. The van der Waals surface area contributed by atoms with E-state index in [-0.39, 0.29) is 11.6 Å². The second-order valence-electron chi connectivity index (χ2n) is 4.77. The Labute approximate surface area is 115 Å². The molecule has 0 amide bonds. The van der Waals surface area contributed by atoms with E-state index in [2.05, 4.69) is 9.97 Å². The summed E-state index contributed by atoms with van der Waals surface area (Å²) in [7, 11) is 0. The van der Waals surface area contributed by atoms with E-state index in [0.29, 0.717) is 12.0 Å². The molecule has 0 aliphatic carbocycles. The van der Waals surface area contributed by atoms with Gasteiger partial charge >= 0.3 is 0 Å². The Kier molecular flexibility index (Phi) is 3.06. The van der Waals surface area contributed by atoms with Crippen molar-refractivity contribution in [1.82, 2.24) is 9.97 Å². The van der Waals surface area contributed by atoms with Gasteiger partial charge in [-0.25, -0.2) is 9.37 Å². The smallest absolute Gasteiger partial charge is 0.159 e. The first-order valence-corrected chi connectivity index (χ1v) is 6.36. The largest absolute Gasteiger partial charge is 0.342 e. The van der Waals surface area contributed by atoms with Crippen LogP contribution in [0.4, 0.5) is 4.39 Å². The van der Waals surface area contributed by atoms with Gasteiger partial charge in [-0.2, -0.15) is 0 Å². The van der Waals surface area contributed by atoms with Gasteiger partial charge in [-0.05, 0) is 42.8 Å². The highest BCUT2D eigenvalue weighted by molar-refractivity contribution is 5.97. The van der Waals surface area contributed by atoms with Crippen LogP contribution in [0.2, 0.25) is 0 Å². The number of hydrogen-bond donors (Lipinski definition) is 1. The van der Waals surface area contributed by atoms with Crippen LogP contribution in [-0.2, 0) is 6.42 Å². The molecule has 1 N–H and O–H groups in total. The molecule has 3 rings (SSSR count). The lowest BCUT2D eigenvalue weighted by Gasteiger charge is -1.97. The second-order valence-corrected chi connectivity index (χ2v) is 4.77. The van der Waals surface area contributed by atoms with Crippen molar-refractivity contribution in [3.8, 4) is 0 Å². The fourth-order valence-electron chi connectivity index (χ4n) is 2.16. The minimum Gasteiger partial charge on any atom is -0.342 e. The molecule has 3 aromatic rings. The number of Topliss-reactive ketones (excluding diaryl/α,β-unsaturated/α-hetero) is 1. The number of imidazole rings is 1. The van der Waals surface area contributed by atoms with Gasteiger partial charge in [0.1, 0.15) is 11.6 Å². The molecule has 0 saturated carbocycles. The number of nitrogens with zero attached hydrogens (tertiary/aromatic N) is 1. The highest BCUT2D eigenvalue weighted by atomic mass is 19.1. The van der Waals surface area contributed by atoms with Crippen molar-refractivity contribution in [2.24, 2.45) is 0 Å². The molecular formula is C16H13FN2O. The number of H-pyrrole nitrogens is 1. The van der Waals surface area contributed by atoms with E-state index < -0.39 is 0 Å². The first-order valence-electron chi connectivity index (χ1n) is 6.36. The Hall–Kier alpha value is -2.49. The molecule has 0 atom stereocenters. The predicted molar refractivity (Wildman–Crippen MR) is 75.3 cm³/mol. The Balaban J connectivity index is 1.92. The number of halogens is 1. The summed E-state index contributed by atoms with van der Waals surface area (Å²) in [6, 6.07) is 11.8. The predicted octanol–water partition coefficient (Wildman–Crippen LogP) is 3.50. The van der Waals surface area contributed by atoms with Crippen molar-refractivity contribution in [1.29, 1.82) is 0 Å². The molecule has 0 aliphatic heterocycles. The van der Waals surface area contributed by atoms with Gasteiger partial charge in [-0.15, -0.1) is 0 Å². The number of aromatic amines is 1. The lowest BCUT2D eigenvalue weighted by Crippen LogP contribution is -1.91. The molecule has 0 unspecified atom stereocenters. The molecule has 100 valence electrons. The van der Waals surface area contributed by atoms with Gasteiger partial charge < -0.3 is 4.98 Å². The SMILES string of the molecule is CC(=O)c1ccc2nc(Cc3ccc(F)cc3)[nH]c2c1. The number of aromatic nitrogens is 2. The average Bonchev–Trinajstić information content (AvgIpc) is 2.82. The molecule has 0 spiro atoms. The van der Waals surface area contributed by atoms with Crippen LogP contribution in [0.5, 0.6) is 0 Å². The second kappa shape index (κ2) is 4.89. The number of fused-ring (bicyclic) bond motifs is 1. The molecule has 3 nitrogen and oxygen atoms in total. The summed E-state index contributed by atoms with van der Waals surface area (Å²) in [5, 5.41) is 0. The first kappa shape index (κ1) is 12.5. The highest BCUT2D eigenvalue weighted by Gasteiger charge is 2.06. The Morgan fingerprint density at radius 2 is 1.95 bits per heavy atom. The fraction of sp³-hybridized carbons (Fsp3) is 0.125. The maximum absolute atomic E-state index is 12.9. The van der Waals surface area contributed by atoms with E-state index >= 15 is 0 Å². The van der Waals surface area contributed by atoms with Crippen molar-refractivity contribution in [2.45, 2.75) is 13.3 Å². The van der Waals surface area contributed by atoms with Gasteiger partial charge in [0.15, 0.2) is 5.78 Å². The van der Waals surface area contributed by atoms with Crippen LogP contribution in [0, 0.1) is 5.82 Å². The number of carbonyl (C=O) groups excluding carboxylic acids is 1. The Morgan fingerprint density at radius 1 is 1.20 bits per heavy atom. The molecule has 1 aromatic heterocycles. The van der Waals surface area contributed by atoms with Crippen LogP contribution in [0.1, 0.15) is 28.7 Å². The number of rotatable bonds is 3. The zero-order valence-electron chi connectivity index (χ0n) is 11.0. The van der Waals surface area contributed by atoms with Crippen molar-refractivity contribution < 1.29 is 9.18 Å². The summed E-state index contributed by atoms with van der Waals surface area (Å²) in [5.74, 6) is 0.582. The minimum atomic E-state index is -0.246. The standard InChI is InChI=1S/C16H13FN2O/c1-10(20)12-4-7-14-15(9-12)19-16(18-14)8-11-2-5-13(17)6-3-11/h2-7,9H,8H2,1H3,(H,18,19). The third-order valence-electron chi connectivity index (χ3n) is 3.22.